The van der Waals surface area contributed by atoms with E-state index in [0.717, 1.165) is 0 Å². The van der Waals surface area contributed by atoms with Crippen LogP contribution >= 0.6 is 0 Å². The Balaban J connectivity index is 2.35. The molecule has 2 aromatic heterocycles. The number of methoxy groups -OCH3 is 1. The third-order valence-electron chi connectivity index (χ3n) is 3.08. The summed E-state index contributed by atoms with van der Waals surface area (Å²) in [5, 5.41) is 4.46. The van der Waals surface area contributed by atoms with Crippen molar-refractivity contribution in [1.29, 1.82) is 0 Å². The quantitative estimate of drug-likeness (QED) is 0.605. The van der Waals surface area contributed by atoms with Crippen molar-refractivity contribution in [3.05, 3.63) is 34.5 Å². The van der Waals surface area contributed by atoms with Crippen molar-refractivity contribution in [1.82, 2.24) is 19.3 Å². The normalized spacial score (nSPS) is 11.8. The summed E-state index contributed by atoms with van der Waals surface area (Å²) in [6.45, 7) is 2.13. The Morgan fingerprint density at radius 2 is 2.25 bits per heavy atom. The van der Waals surface area contributed by atoms with Crippen LogP contribution in [-0.2, 0) is 23.1 Å². The number of hydrogen-bond donors (Lipinski definition) is 0. The average molecular weight is 276 g/mol. The fourth-order valence-corrected chi connectivity index (χ4v) is 1.91. The summed E-state index contributed by atoms with van der Waals surface area (Å²) in [6, 6.07) is 0. The summed E-state index contributed by atoms with van der Waals surface area (Å²) < 4.78 is 7.65. The third kappa shape index (κ3) is 2.47. The van der Waals surface area contributed by atoms with Crippen LogP contribution in [-0.4, -0.2) is 32.4 Å². The number of fused-ring (bicyclic) bond motifs is 1. The summed E-state index contributed by atoms with van der Waals surface area (Å²) in [4.78, 5) is 27.9. The van der Waals surface area contributed by atoms with Gasteiger partial charge in [-0.1, -0.05) is 13.0 Å². The maximum atomic E-state index is 12.2. The molecule has 0 amide bonds. The van der Waals surface area contributed by atoms with Crippen LogP contribution in [0, 0.1) is 0 Å². The van der Waals surface area contributed by atoms with E-state index in [2.05, 4.69) is 14.8 Å². The molecule has 0 fully saturated rings. The minimum Gasteiger partial charge on any atom is -0.466 e. The van der Waals surface area contributed by atoms with E-state index < -0.39 is 0 Å². The number of allylic oxidation sites excluding steroid dienone is 1. The summed E-state index contributed by atoms with van der Waals surface area (Å²) in [5.41, 5.74) is 0.893. The molecular formula is C13H16N4O3. The molecule has 0 bridgehead atoms. The van der Waals surface area contributed by atoms with E-state index in [0.29, 0.717) is 23.0 Å². The van der Waals surface area contributed by atoms with Crippen LogP contribution in [0.15, 0.2) is 29.0 Å². The lowest BCUT2D eigenvalue weighted by molar-refractivity contribution is -0.136. The van der Waals surface area contributed by atoms with Crippen molar-refractivity contribution >= 4 is 17.0 Å². The molecule has 0 aliphatic heterocycles. The minimum atomic E-state index is -0.379. The molecule has 0 N–H and O–H groups in total. The van der Waals surface area contributed by atoms with Crippen molar-refractivity contribution in [3.63, 3.8) is 0 Å². The van der Waals surface area contributed by atoms with Gasteiger partial charge in [0.25, 0.3) is 5.56 Å². The molecule has 2 heterocycles. The van der Waals surface area contributed by atoms with Gasteiger partial charge in [0.05, 0.1) is 13.3 Å². The van der Waals surface area contributed by atoms with Crippen LogP contribution in [0.25, 0.3) is 11.0 Å². The van der Waals surface area contributed by atoms with E-state index in [1.807, 2.05) is 6.92 Å². The molecule has 7 heteroatoms. The largest absolute Gasteiger partial charge is 0.466 e. The van der Waals surface area contributed by atoms with Crippen LogP contribution in [0.1, 0.15) is 13.3 Å². The summed E-state index contributed by atoms with van der Waals surface area (Å²) >= 11 is 0. The van der Waals surface area contributed by atoms with Gasteiger partial charge in [-0.2, -0.15) is 5.10 Å². The van der Waals surface area contributed by atoms with Crippen molar-refractivity contribution in [2.45, 2.75) is 19.9 Å². The molecule has 2 rings (SSSR count). The first-order valence-electron chi connectivity index (χ1n) is 6.23. The Kier molecular flexibility index (Phi) is 3.97. The first-order chi connectivity index (χ1) is 9.58. The third-order valence-corrected chi connectivity index (χ3v) is 3.08. The SMILES string of the molecule is CCC(=CCn1cnc2c(cnn2C)c1=O)C(=O)OC. The maximum absolute atomic E-state index is 12.2. The van der Waals surface area contributed by atoms with Gasteiger partial charge in [0.1, 0.15) is 11.7 Å². The van der Waals surface area contributed by atoms with E-state index >= 15 is 0 Å². The number of hydrogen-bond acceptors (Lipinski definition) is 5. The highest BCUT2D eigenvalue weighted by atomic mass is 16.5. The molecule has 2 aromatic rings. The zero-order chi connectivity index (χ0) is 14.7. The Hall–Kier alpha value is -2.44. The van der Waals surface area contributed by atoms with E-state index in [-0.39, 0.29) is 18.1 Å². The monoisotopic (exact) mass is 276 g/mol. The molecular weight excluding hydrogens is 260 g/mol. The molecule has 7 nitrogen and oxygen atoms in total. The average Bonchev–Trinajstić information content (AvgIpc) is 2.83. The van der Waals surface area contributed by atoms with Gasteiger partial charge < -0.3 is 4.74 Å². The molecule has 0 aromatic carbocycles. The predicted molar refractivity (Wildman–Crippen MR) is 73.2 cm³/mol. The molecule has 0 aliphatic carbocycles. The minimum absolute atomic E-state index is 0.181. The number of carbonyl (C=O) groups is 1. The van der Waals surface area contributed by atoms with Crippen molar-refractivity contribution < 1.29 is 9.53 Å². The number of aryl methyl sites for hydroxylation is 1. The van der Waals surface area contributed by atoms with E-state index in [9.17, 15) is 9.59 Å². The van der Waals surface area contributed by atoms with Gasteiger partial charge in [-0.25, -0.2) is 9.78 Å². The second-order valence-electron chi connectivity index (χ2n) is 4.28. The fraction of sp³-hybridized carbons (Fsp3) is 0.385. The zero-order valence-corrected chi connectivity index (χ0v) is 11.7. The maximum Gasteiger partial charge on any atom is 0.333 e. The Morgan fingerprint density at radius 3 is 2.90 bits per heavy atom. The van der Waals surface area contributed by atoms with Gasteiger partial charge in [-0.05, 0) is 6.42 Å². The van der Waals surface area contributed by atoms with E-state index in [1.165, 1.54) is 24.2 Å². The molecule has 106 valence electrons. The first-order valence-corrected chi connectivity index (χ1v) is 6.23. The van der Waals surface area contributed by atoms with Crippen LogP contribution in [0.2, 0.25) is 0 Å². The number of nitrogens with zero attached hydrogens (tertiary/aromatic N) is 4. The molecule has 0 aliphatic rings. The lowest BCUT2D eigenvalue weighted by Crippen LogP contribution is -2.20. The van der Waals surface area contributed by atoms with Crippen molar-refractivity contribution in [2.24, 2.45) is 7.05 Å². The molecule has 20 heavy (non-hydrogen) atoms. The lowest BCUT2D eigenvalue weighted by Gasteiger charge is -2.04. The van der Waals surface area contributed by atoms with Crippen molar-refractivity contribution in [3.8, 4) is 0 Å². The standard InChI is InChI=1S/C13H16N4O3/c1-4-9(13(19)20-3)5-6-17-8-14-11-10(12(17)18)7-15-16(11)2/h5,7-8H,4,6H2,1-3H3. The summed E-state index contributed by atoms with van der Waals surface area (Å²) in [7, 11) is 3.06. The number of rotatable bonds is 4. The van der Waals surface area contributed by atoms with Gasteiger partial charge in [-0.15, -0.1) is 0 Å². The molecule has 0 atom stereocenters. The van der Waals surface area contributed by atoms with Crippen LogP contribution in [0.4, 0.5) is 0 Å². The van der Waals surface area contributed by atoms with Gasteiger partial charge in [0, 0.05) is 19.2 Å². The Labute approximate surface area is 115 Å². The zero-order valence-electron chi connectivity index (χ0n) is 11.7. The van der Waals surface area contributed by atoms with Crippen LogP contribution < -0.4 is 5.56 Å². The van der Waals surface area contributed by atoms with Gasteiger partial charge in [-0.3, -0.25) is 14.0 Å². The number of aromatic nitrogens is 4. The summed E-state index contributed by atoms with van der Waals surface area (Å²) in [6.07, 6.45) is 5.17. The molecule has 0 radical (unpaired) electrons. The van der Waals surface area contributed by atoms with Crippen molar-refractivity contribution in [2.75, 3.05) is 7.11 Å². The first kappa shape index (κ1) is 14.0. The Morgan fingerprint density at radius 1 is 1.50 bits per heavy atom. The second kappa shape index (κ2) is 5.68. The molecule has 0 saturated carbocycles. The van der Waals surface area contributed by atoms with Gasteiger partial charge in [0.2, 0.25) is 0 Å². The lowest BCUT2D eigenvalue weighted by atomic mass is 10.2. The van der Waals surface area contributed by atoms with Crippen LogP contribution in [0.5, 0.6) is 0 Å². The number of carbonyl (C=O) groups excluding carboxylic acids is 1. The number of ether oxygens (including phenoxy) is 1. The van der Waals surface area contributed by atoms with E-state index in [4.69, 9.17) is 0 Å². The van der Waals surface area contributed by atoms with Crippen LogP contribution in [0.3, 0.4) is 0 Å². The predicted octanol–water partition coefficient (Wildman–Crippen LogP) is 0.639. The fourth-order valence-electron chi connectivity index (χ4n) is 1.91. The van der Waals surface area contributed by atoms with Gasteiger partial charge >= 0.3 is 5.97 Å². The smallest absolute Gasteiger partial charge is 0.333 e. The second-order valence-corrected chi connectivity index (χ2v) is 4.28. The van der Waals surface area contributed by atoms with Gasteiger partial charge in [0.15, 0.2) is 5.65 Å². The molecule has 0 spiro atoms. The highest BCUT2D eigenvalue weighted by Gasteiger charge is 2.09. The number of esters is 1. The topological polar surface area (TPSA) is 79.0 Å². The van der Waals surface area contributed by atoms with E-state index in [1.54, 1.807) is 17.8 Å². The Bertz CT molecular complexity index is 727. The highest BCUT2D eigenvalue weighted by molar-refractivity contribution is 5.88. The molecule has 0 saturated heterocycles. The summed E-state index contributed by atoms with van der Waals surface area (Å²) in [5.74, 6) is -0.379. The highest BCUT2D eigenvalue weighted by Crippen LogP contribution is 2.05. The molecule has 0 unspecified atom stereocenters.